The zero-order valence-electron chi connectivity index (χ0n) is 13.6. The molecule has 1 aliphatic rings. The number of fused-ring (bicyclic) bond motifs is 1. The second kappa shape index (κ2) is 6.50. The molecule has 124 valence electrons. The first-order valence-corrected chi connectivity index (χ1v) is 8.19. The Balaban J connectivity index is 0.00000169. The van der Waals surface area contributed by atoms with E-state index in [1.807, 2.05) is 18.2 Å². The predicted octanol–water partition coefficient (Wildman–Crippen LogP) is 4.88. The van der Waals surface area contributed by atoms with Gasteiger partial charge < -0.3 is 10.3 Å². The van der Waals surface area contributed by atoms with Gasteiger partial charge in [-0.1, -0.05) is 29.3 Å². The van der Waals surface area contributed by atoms with E-state index in [9.17, 15) is 0 Å². The SMILES string of the molecule is Cc1ccc(C)c(-c2[nH]c3ccc(Cl)cc3c2C2=NCCN2)c1.Cl. The first kappa shape index (κ1) is 16.9. The van der Waals surface area contributed by atoms with Crippen molar-refractivity contribution in [3.63, 3.8) is 0 Å². The average molecular weight is 360 g/mol. The van der Waals surface area contributed by atoms with E-state index in [4.69, 9.17) is 11.6 Å². The van der Waals surface area contributed by atoms with Crippen molar-refractivity contribution in [2.45, 2.75) is 13.8 Å². The van der Waals surface area contributed by atoms with Gasteiger partial charge in [0, 0.05) is 33.6 Å². The van der Waals surface area contributed by atoms with Crippen LogP contribution in [0.25, 0.3) is 22.2 Å². The normalized spacial score (nSPS) is 13.5. The number of nitrogens with one attached hydrogen (secondary N) is 2. The number of H-pyrrole nitrogens is 1. The van der Waals surface area contributed by atoms with Crippen molar-refractivity contribution in [2.24, 2.45) is 4.99 Å². The van der Waals surface area contributed by atoms with Gasteiger partial charge in [0.05, 0.1) is 12.2 Å². The van der Waals surface area contributed by atoms with Gasteiger partial charge in [0.25, 0.3) is 0 Å². The van der Waals surface area contributed by atoms with E-state index >= 15 is 0 Å². The molecule has 2 N–H and O–H groups in total. The fraction of sp³-hybridized carbons (Fsp3) is 0.211. The topological polar surface area (TPSA) is 40.2 Å². The fourth-order valence-electron chi connectivity index (χ4n) is 3.18. The number of aliphatic imine (C=N–C) groups is 1. The molecule has 0 atom stereocenters. The number of benzene rings is 2. The van der Waals surface area contributed by atoms with Crippen LogP contribution in [0.2, 0.25) is 5.02 Å². The highest BCUT2D eigenvalue weighted by Gasteiger charge is 2.21. The Morgan fingerprint density at radius 3 is 2.67 bits per heavy atom. The Bertz CT molecular complexity index is 941. The van der Waals surface area contributed by atoms with Crippen molar-refractivity contribution in [3.05, 3.63) is 58.1 Å². The van der Waals surface area contributed by atoms with E-state index in [0.717, 1.165) is 46.1 Å². The maximum absolute atomic E-state index is 6.23. The van der Waals surface area contributed by atoms with Crippen LogP contribution in [0, 0.1) is 13.8 Å². The van der Waals surface area contributed by atoms with Crippen LogP contribution in [0.4, 0.5) is 0 Å². The van der Waals surface area contributed by atoms with Crippen molar-refractivity contribution in [3.8, 4) is 11.3 Å². The standard InChI is InChI=1S/C19H18ClN3.ClH/c1-11-3-4-12(2)14(9-11)18-17(19-21-7-8-22-19)15-10-13(20)5-6-16(15)23-18;/h3-6,9-10,23H,7-8H2,1-2H3,(H,21,22);1H. The highest BCUT2D eigenvalue weighted by Crippen LogP contribution is 2.34. The van der Waals surface area contributed by atoms with E-state index < -0.39 is 0 Å². The van der Waals surface area contributed by atoms with E-state index in [0.29, 0.717) is 0 Å². The van der Waals surface area contributed by atoms with Gasteiger partial charge in [0.1, 0.15) is 5.84 Å². The Morgan fingerprint density at radius 1 is 1.08 bits per heavy atom. The molecular weight excluding hydrogens is 341 g/mol. The zero-order valence-corrected chi connectivity index (χ0v) is 15.2. The van der Waals surface area contributed by atoms with Gasteiger partial charge in [-0.2, -0.15) is 0 Å². The van der Waals surface area contributed by atoms with Gasteiger partial charge in [-0.25, -0.2) is 0 Å². The van der Waals surface area contributed by atoms with Gasteiger partial charge in [-0.15, -0.1) is 12.4 Å². The number of hydrogen-bond acceptors (Lipinski definition) is 2. The minimum absolute atomic E-state index is 0. The third-order valence-corrected chi connectivity index (χ3v) is 4.57. The summed E-state index contributed by atoms with van der Waals surface area (Å²) < 4.78 is 0. The first-order valence-electron chi connectivity index (χ1n) is 7.81. The molecule has 0 radical (unpaired) electrons. The molecule has 0 saturated heterocycles. The van der Waals surface area contributed by atoms with E-state index in [1.54, 1.807) is 0 Å². The zero-order chi connectivity index (χ0) is 16.0. The molecule has 0 amide bonds. The Labute approximate surface area is 152 Å². The summed E-state index contributed by atoms with van der Waals surface area (Å²) in [6, 6.07) is 12.5. The molecule has 0 fully saturated rings. The number of hydrogen-bond donors (Lipinski definition) is 2. The second-order valence-corrected chi connectivity index (χ2v) is 6.48. The quantitative estimate of drug-likeness (QED) is 0.672. The summed E-state index contributed by atoms with van der Waals surface area (Å²) in [5.41, 5.74) is 7.01. The summed E-state index contributed by atoms with van der Waals surface area (Å²) in [6.07, 6.45) is 0. The Kier molecular flexibility index (Phi) is 4.57. The minimum Gasteiger partial charge on any atom is -0.368 e. The monoisotopic (exact) mass is 359 g/mol. The molecule has 0 aliphatic carbocycles. The molecule has 0 unspecified atom stereocenters. The molecule has 5 heteroatoms. The summed E-state index contributed by atoms with van der Waals surface area (Å²) in [6.45, 7) is 5.96. The Morgan fingerprint density at radius 2 is 1.92 bits per heavy atom. The molecule has 0 saturated carbocycles. The molecule has 1 aliphatic heterocycles. The maximum atomic E-state index is 6.23. The molecule has 3 aromatic rings. The molecule has 2 aromatic carbocycles. The third-order valence-electron chi connectivity index (χ3n) is 4.33. The number of halogens is 2. The number of aryl methyl sites for hydroxylation is 2. The molecule has 4 rings (SSSR count). The molecule has 0 bridgehead atoms. The predicted molar refractivity (Wildman–Crippen MR) is 105 cm³/mol. The fourth-order valence-corrected chi connectivity index (χ4v) is 3.35. The summed E-state index contributed by atoms with van der Waals surface area (Å²) in [4.78, 5) is 8.21. The van der Waals surface area contributed by atoms with Crippen molar-refractivity contribution in [2.75, 3.05) is 13.1 Å². The van der Waals surface area contributed by atoms with Gasteiger partial charge in [-0.05, 0) is 43.7 Å². The van der Waals surface area contributed by atoms with Gasteiger partial charge in [0.15, 0.2) is 0 Å². The first-order chi connectivity index (χ1) is 11.1. The summed E-state index contributed by atoms with van der Waals surface area (Å²) >= 11 is 6.23. The number of aromatic amines is 1. The van der Waals surface area contributed by atoms with Crippen LogP contribution in [0.5, 0.6) is 0 Å². The third kappa shape index (κ3) is 2.79. The van der Waals surface area contributed by atoms with Crippen LogP contribution in [0.1, 0.15) is 16.7 Å². The van der Waals surface area contributed by atoms with Crippen molar-refractivity contribution in [1.82, 2.24) is 10.3 Å². The second-order valence-electron chi connectivity index (χ2n) is 6.04. The molecule has 3 nitrogen and oxygen atoms in total. The van der Waals surface area contributed by atoms with Crippen molar-refractivity contribution >= 4 is 40.7 Å². The molecule has 1 aromatic heterocycles. The van der Waals surface area contributed by atoms with Gasteiger partial charge >= 0.3 is 0 Å². The summed E-state index contributed by atoms with van der Waals surface area (Å²) in [5, 5.41) is 5.25. The van der Waals surface area contributed by atoms with Crippen LogP contribution >= 0.6 is 24.0 Å². The van der Waals surface area contributed by atoms with Crippen LogP contribution in [0.15, 0.2) is 41.4 Å². The lowest BCUT2D eigenvalue weighted by Crippen LogP contribution is -2.20. The van der Waals surface area contributed by atoms with E-state index in [1.165, 1.54) is 16.7 Å². The van der Waals surface area contributed by atoms with Crippen LogP contribution < -0.4 is 5.32 Å². The van der Waals surface area contributed by atoms with Crippen LogP contribution in [0.3, 0.4) is 0 Å². The highest BCUT2D eigenvalue weighted by molar-refractivity contribution is 6.31. The van der Waals surface area contributed by atoms with Crippen molar-refractivity contribution in [1.29, 1.82) is 0 Å². The minimum atomic E-state index is 0. The molecule has 2 heterocycles. The number of amidine groups is 1. The summed E-state index contributed by atoms with van der Waals surface area (Å²) in [5.74, 6) is 0.953. The van der Waals surface area contributed by atoms with E-state index in [2.05, 4.69) is 47.3 Å². The lowest BCUT2D eigenvalue weighted by atomic mass is 9.98. The van der Waals surface area contributed by atoms with Crippen LogP contribution in [-0.4, -0.2) is 23.9 Å². The van der Waals surface area contributed by atoms with Crippen molar-refractivity contribution < 1.29 is 0 Å². The van der Waals surface area contributed by atoms with Gasteiger partial charge in [0.2, 0.25) is 0 Å². The van der Waals surface area contributed by atoms with Crippen LogP contribution in [-0.2, 0) is 0 Å². The van der Waals surface area contributed by atoms with Gasteiger partial charge in [-0.3, -0.25) is 4.99 Å². The molecule has 0 spiro atoms. The largest absolute Gasteiger partial charge is 0.368 e. The maximum Gasteiger partial charge on any atom is 0.131 e. The number of nitrogens with zero attached hydrogens (tertiary/aromatic N) is 1. The molecular formula is C19H19Cl2N3. The number of aromatic nitrogens is 1. The highest BCUT2D eigenvalue weighted by atomic mass is 35.5. The average Bonchev–Trinajstić information content (AvgIpc) is 3.16. The molecule has 24 heavy (non-hydrogen) atoms. The lowest BCUT2D eigenvalue weighted by molar-refractivity contribution is 0.960. The smallest absolute Gasteiger partial charge is 0.131 e. The Hall–Kier alpha value is -1.97. The summed E-state index contributed by atoms with van der Waals surface area (Å²) in [7, 11) is 0. The number of rotatable bonds is 2. The lowest BCUT2D eigenvalue weighted by Gasteiger charge is -2.10. The van der Waals surface area contributed by atoms with E-state index in [-0.39, 0.29) is 12.4 Å².